The van der Waals surface area contributed by atoms with Gasteiger partial charge in [0.15, 0.2) is 5.82 Å². The van der Waals surface area contributed by atoms with E-state index in [0.29, 0.717) is 16.3 Å². The molecule has 0 unspecified atom stereocenters. The topological polar surface area (TPSA) is 80.9 Å². The number of hydrogen-bond acceptors (Lipinski definition) is 4. The van der Waals surface area contributed by atoms with Crippen molar-refractivity contribution in [2.45, 2.75) is 64.2 Å². The number of halogens is 1. The fraction of sp³-hybridized carbons (Fsp3) is 0.452. The zero-order valence-electron chi connectivity index (χ0n) is 21.1. The number of aromatic nitrogens is 2. The summed E-state index contributed by atoms with van der Waals surface area (Å²) in [5, 5.41) is 3.84. The SMILES string of the molecule is Nc1ccc2c(c1)CCc1nc(NC(=O)Cc3ccc(Cl)cc3)c(CC34CC5CC(CC(C5)C3)C4)nc1-2. The molecule has 5 aliphatic carbocycles. The summed E-state index contributed by atoms with van der Waals surface area (Å²) in [6.45, 7) is 0. The molecule has 6 heteroatoms. The van der Waals surface area contributed by atoms with E-state index in [4.69, 9.17) is 27.3 Å². The number of carbonyl (C=O) groups excluding carboxylic acids is 1. The van der Waals surface area contributed by atoms with E-state index in [-0.39, 0.29) is 12.3 Å². The normalized spacial score (nSPS) is 27.0. The summed E-state index contributed by atoms with van der Waals surface area (Å²) in [5.41, 5.74) is 13.4. The molecule has 4 saturated carbocycles. The largest absolute Gasteiger partial charge is 0.399 e. The molecule has 0 radical (unpaired) electrons. The van der Waals surface area contributed by atoms with Gasteiger partial charge in [-0.05, 0) is 116 Å². The second-order valence-corrected chi connectivity index (χ2v) is 12.6. The highest BCUT2D eigenvalue weighted by Gasteiger charge is 2.51. The predicted molar refractivity (Wildman–Crippen MR) is 147 cm³/mol. The summed E-state index contributed by atoms with van der Waals surface area (Å²) >= 11 is 6.03. The molecule has 37 heavy (non-hydrogen) atoms. The Labute approximate surface area is 223 Å². The van der Waals surface area contributed by atoms with E-state index in [0.717, 1.165) is 70.9 Å². The molecular weight excluding hydrogens is 480 g/mol. The standard InChI is InChI=1S/C31H33ClN4O/c32-23-4-1-18(2-5-23)12-28(37)36-30-27(17-31-14-19-9-20(15-31)11-21(10-19)16-31)34-29-25-7-6-24(33)13-22(25)3-8-26(29)35-30/h1-2,4-7,13,19-21H,3,8-12,14-17,33H2,(H,35,36,37). The molecule has 0 aliphatic heterocycles. The van der Waals surface area contributed by atoms with Crippen molar-refractivity contribution in [1.29, 1.82) is 0 Å². The molecular formula is C31H33ClN4O. The number of anilines is 2. The van der Waals surface area contributed by atoms with E-state index < -0.39 is 0 Å². The molecule has 5 aliphatic rings. The van der Waals surface area contributed by atoms with E-state index in [1.165, 1.54) is 44.1 Å². The molecule has 3 aromatic rings. The van der Waals surface area contributed by atoms with Gasteiger partial charge in [-0.15, -0.1) is 0 Å². The minimum absolute atomic E-state index is 0.0627. The first-order chi connectivity index (χ1) is 17.9. The molecule has 0 spiro atoms. The van der Waals surface area contributed by atoms with Gasteiger partial charge < -0.3 is 11.1 Å². The van der Waals surface area contributed by atoms with Gasteiger partial charge in [0.25, 0.3) is 0 Å². The predicted octanol–water partition coefficient (Wildman–Crippen LogP) is 6.42. The fourth-order valence-electron chi connectivity index (χ4n) is 8.25. The number of rotatable bonds is 5. The van der Waals surface area contributed by atoms with Crippen LogP contribution in [0.5, 0.6) is 0 Å². The number of fused-ring (bicyclic) bond motifs is 3. The van der Waals surface area contributed by atoms with Crippen molar-refractivity contribution in [2.24, 2.45) is 23.2 Å². The van der Waals surface area contributed by atoms with E-state index in [1.807, 2.05) is 30.3 Å². The van der Waals surface area contributed by atoms with Gasteiger partial charge in [0.05, 0.1) is 23.5 Å². The van der Waals surface area contributed by atoms with Crippen LogP contribution < -0.4 is 11.1 Å². The van der Waals surface area contributed by atoms with Crippen molar-refractivity contribution < 1.29 is 4.79 Å². The fourth-order valence-corrected chi connectivity index (χ4v) is 8.37. The Balaban J connectivity index is 1.24. The maximum atomic E-state index is 13.2. The Morgan fingerprint density at radius 2 is 1.68 bits per heavy atom. The van der Waals surface area contributed by atoms with Gasteiger partial charge in [-0.2, -0.15) is 0 Å². The summed E-state index contributed by atoms with van der Waals surface area (Å²) in [4.78, 5) is 23.5. The number of hydrogen-bond donors (Lipinski definition) is 2. The first kappa shape index (κ1) is 23.2. The van der Waals surface area contributed by atoms with Crippen LogP contribution in [0.1, 0.15) is 61.0 Å². The molecule has 0 saturated heterocycles. The lowest BCUT2D eigenvalue weighted by molar-refractivity contribution is -0.115. The van der Waals surface area contributed by atoms with Crippen molar-refractivity contribution in [2.75, 3.05) is 11.1 Å². The average Bonchev–Trinajstić information content (AvgIpc) is 2.84. The molecule has 4 fully saturated rings. The van der Waals surface area contributed by atoms with E-state index in [1.54, 1.807) is 0 Å². The Morgan fingerprint density at radius 3 is 2.38 bits per heavy atom. The number of nitrogens with two attached hydrogens (primary N) is 1. The van der Waals surface area contributed by atoms with Crippen LogP contribution in [0.3, 0.4) is 0 Å². The lowest BCUT2D eigenvalue weighted by atomic mass is 9.48. The summed E-state index contributed by atoms with van der Waals surface area (Å²) in [6.07, 6.45) is 11.0. The Bertz CT molecular complexity index is 1350. The minimum atomic E-state index is -0.0627. The molecule has 1 amide bonds. The van der Waals surface area contributed by atoms with E-state index in [2.05, 4.69) is 17.4 Å². The Kier molecular flexibility index (Phi) is 5.54. The first-order valence-electron chi connectivity index (χ1n) is 13.7. The summed E-state index contributed by atoms with van der Waals surface area (Å²) in [7, 11) is 0. The highest BCUT2D eigenvalue weighted by Crippen LogP contribution is 2.61. The van der Waals surface area contributed by atoms with Crippen LogP contribution in [0.25, 0.3) is 11.3 Å². The van der Waals surface area contributed by atoms with Crippen LogP contribution in [-0.2, 0) is 30.5 Å². The Hall–Kier alpha value is -2.92. The second-order valence-electron chi connectivity index (χ2n) is 12.2. The minimum Gasteiger partial charge on any atom is -0.399 e. The van der Waals surface area contributed by atoms with Crippen LogP contribution in [0.4, 0.5) is 11.5 Å². The van der Waals surface area contributed by atoms with Gasteiger partial charge in [-0.25, -0.2) is 9.97 Å². The monoisotopic (exact) mass is 512 g/mol. The molecule has 5 nitrogen and oxygen atoms in total. The molecule has 0 atom stereocenters. The summed E-state index contributed by atoms with van der Waals surface area (Å²) < 4.78 is 0. The van der Waals surface area contributed by atoms with Crippen LogP contribution in [0.15, 0.2) is 42.5 Å². The number of nitrogen functional groups attached to an aromatic ring is 1. The molecule has 1 aromatic heterocycles. The molecule has 8 rings (SSSR count). The van der Waals surface area contributed by atoms with Crippen LogP contribution in [-0.4, -0.2) is 15.9 Å². The van der Waals surface area contributed by atoms with Gasteiger partial charge in [0, 0.05) is 16.3 Å². The van der Waals surface area contributed by atoms with Gasteiger partial charge in [0.2, 0.25) is 5.91 Å². The van der Waals surface area contributed by atoms with Crippen LogP contribution in [0, 0.1) is 23.2 Å². The van der Waals surface area contributed by atoms with E-state index in [9.17, 15) is 4.79 Å². The summed E-state index contributed by atoms with van der Waals surface area (Å²) in [5.74, 6) is 3.19. The van der Waals surface area contributed by atoms with Crippen molar-refractivity contribution in [3.63, 3.8) is 0 Å². The third-order valence-electron chi connectivity index (χ3n) is 9.30. The number of nitrogens with one attached hydrogen (secondary N) is 1. The highest BCUT2D eigenvalue weighted by atomic mass is 35.5. The molecule has 1 heterocycles. The second kappa shape index (κ2) is 8.83. The summed E-state index contributed by atoms with van der Waals surface area (Å²) in [6, 6.07) is 13.6. The lowest BCUT2D eigenvalue weighted by Crippen LogP contribution is -2.47. The maximum Gasteiger partial charge on any atom is 0.229 e. The Morgan fingerprint density at radius 1 is 0.973 bits per heavy atom. The van der Waals surface area contributed by atoms with Crippen LogP contribution in [0.2, 0.25) is 5.02 Å². The van der Waals surface area contributed by atoms with Gasteiger partial charge in [-0.3, -0.25) is 4.79 Å². The zero-order chi connectivity index (χ0) is 25.1. The lowest BCUT2D eigenvalue weighted by Gasteiger charge is -2.57. The molecule has 4 bridgehead atoms. The van der Waals surface area contributed by atoms with Gasteiger partial charge in [-0.1, -0.05) is 29.8 Å². The maximum absolute atomic E-state index is 13.2. The number of amides is 1. The quantitative estimate of drug-likeness (QED) is 0.386. The number of aryl methyl sites for hydroxylation is 2. The average molecular weight is 513 g/mol. The van der Waals surface area contributed by atoms with Crippen molar-refractivity contribution in [3.05, 3.63) is 70.0 Å². The van der Waals surface area contributed by atoms with E-state index >= 15 is 0 Å². The van der Waals surface area contributed by atoms with Gasteiger partial charge in [0.1, 0.15) is 0 Å². The number of carbonyl (C=O) groups is 1. The first-order valence-corrected chi connectivity index (χ1v) is 14.1. The zero-order valence-corrected chi connectivity index (χ0v) is 21.9. The molecule has 190 valence electrons. The number of nitrogens with zero attached hydrogens (tertiary/aromatic N) is 2. The van der Waals surface area contributed by atoms with Crippen molar-refractivity contribution in [1.82, 2.24) is 9.97 Å². The molecule has 2 aromatic carbocycles. The van der Waals surface area contributed by atoms with Crippen molar-refractivity contribution >= 4 is 29.0 Å². The van der Waals surface area contributed by atoms with Crippen LogP contribution >= 0.6 is 11.6 Å². The van der Waals surface area contributed by atoms with Gasteiger partial charge >= 0.3 is 0 Å². The highest BCUT2D eigenvalue weighted by molar-refractivity contribution is 6.30. The van der Waals surface area contributed by atoms with Crippen molar-refractivity contribution in [3.8, 4) is 11.3 Å². The third-order valence-corrected chi connectivity index (χ3v) is 9.55. The molecule has 3 N–H and O–H groups in total. The smallest absolute Gasteiger partial charge is 0.229 e. The third kappa shape index (κ3) is 4.41. The number of benzene rings is 2.